The van der Waals surface area contributed by atoms with Crippen LogP contribution in [0.25, 0.3) is 0 Å². The van der Waals surface area contributed by atoms with Crippen LogP contribution in [0.15, 0.2) is 23.4 Å². The summed E-state index contributed by atoms with van der Waals surface area (Å²) in [6.45, 7) is 5.19. The van der Waals surface area contributed by atoms with Crippen molar-refractivity contribution in [3.05, 3.63) is 18.3 Å². The van der Waals surface area contributed by atoms with Crippen molar-refractivity contribution in [1.82, 2.24) is 9.29 Å². The molecular formula is C15H25N3O2S. The Morgan fingerprint density at radius 3 is 2.67 bits per heavy atom. The normalized spacial score (nSPS) is 16.5. The van der Waals surface area contributed by atoms with Crippen molar-refractivity contribution >= 4 is 15.7 Å². The number of nitrogens with zero attached hydrogens (tertiary/aromatic N) is 2. The zero-order valence-corrected chi connectivity index (χ0v) is 13.7. The molecule has 0 spiro atoms. The van der Waals surface area contributed by atoms with Crippen LogP contribution in [0.3, 0.4) is 0 Å². The van der Waals surface area contributed by atoms with Gasteiger partial charge in [0.1, 0.15) is 0 Å². The van der Waals surface area contributed by atoms with E-state index in [2.05, 4.69) is 17.2 Å². The number of anilines is 1. The van der Waals surface area contributed by atoms with Crippen LogP contribution < -0.4 is 5.32 Å². The Bertz CT molecular complexity index is 554. The third-order valence-corrected chi connectivity index (χ3v) is 5.92. The third kappa shape index (κ3) is 3.55. The molecular weight excluding hydrogens is 286 g/mol. The highest BCUT2D eigenvalue weighted by Gasteiger charge is 2.34. The summed E-state index contributed by atoms with van der Waals surface area (Å²) in [4.78, 5) is 4.15. The maximum absolute atomic E-state index is 13.0. The Morgan fingerprint density at radius 1 is 1.33 bits per heavy atom. The predicted octanol–water partition coefficient (Wildman–Crippen LogP) is 2.86. The average molecular weight is 311 g/mol. The quantitative estimate of drug-likeness (QED) is 0.841. The summed E-state index contributed by atoms with van der Waals surface area (Å²) in [6.07, 6.45) is 6.62. The second kappa shape index (κ2) is 7.22. The second-order valence-corrected chi connectivity index (χ2v) is 7.24. The van der Waals surface area contributed by atoms with E-state index in [1.54, 1.807) is 22.6 Å². The fourth-order valence-electron chi connectivity index (χ4n) is 2.92. The van der Waals surface area contributed by atoms with Crippen LogP contribution in [-0.4, -0.2) is 36.8 Å². The molecule has 1 aromatic heterocycles. The van der Waals surface area contributed by atoms with Crippen molar-refractivity contribution in [2.45, 2.75) is 57.0 Å². The van der Waals surface area contributed by atoms with E-state index >= 15 is 0 Å². The van der Waals surface area contributed by atoms with Gasteiger partial charge in [-0.25, -0.2) is 13.4 Å². The van der Waals surface area contributed by atoms with E-state index in [-0.39, 0.29) is 11.1 Å². The second-order valence-electron chi connectivity index (χ2n) is 5.43. The molecule has 6 heteroatoms. The first kappa shape index (κ1) is 16.2. The van der Waals surface area contributed by atoms with Crippen molar-refractivity contribution < 1.29 is 8.42 Å². The van der Waals surface area contributed by atoms with Gasteiger partial charge < -0.3 is 5.32 Å². The van der Waals surface area contributed by atoms with Crippen LogP contribution >= 0.6 is 0 Å². The lowest BCUT2D eigenvalue weighted by Crippen LogP contribution is -2.39. The van der Waals surface area contributed by atoms with Gasteiger partial charge in [0, 0.05) is 25.3 Å². The summed E-state index contributed by atoms with van der Waals surface area (Å²) in [5, 5.41) is 3.33. The topological polar surface area (TPSA) is 62.3 Å². The molecule has 1 heterocycles. The smallest absolute Gasteiger partial charge is 0.262 e. The third-order valence-electron chi connectivity index (χ3n) is 3.93. The first-order valence-electron chi connectivity index (χ1n) is 7.82. The van der Waals surface area contributed by atoms with Gasteiger partial charge in [0.15, 0.2) is 5.03 Å². The van der Waals surface area contributed by atoms with Crippen LogP contribution in [0.5, 0.6) is 0 Å². The summed E-state index contributed by atoms with van der Waals surface area (Å²) in [7, 11) is -3.54. The standard InChI is InChI=1S/C15H25N3O2S/c1-3-11-16-14-10-7-12-17-15(14)21(19,20)18(4-2)13-8-5-6-9-13/h7,10,12-13,16H,3-6,8-9,11H2,1-2H3. The molecule has 0 aromatic carbocycles. The number of hydrogen-bond donors (Lipinski definition) is 1. The highest BCUT2D eigenvalue weighted by molar-refractivity contribution is 7.89. The zero-order valence-electron chi connectivity index (χ0n) is 12.9. The summed E-state index contributed by atoms with van der Waals surface area (Å²) >= 11 is 0. The molecule has 0 aliphatic heterocycles. The minimum atomic E-state index is -3.54. The van der Waals surface area contributed by atoms with Crippen molar-refractivity contribution in [2.24, 2.45) is 0 Å². The lowest BCUT2D eigenvalue weighted by molar-refractivity contribution is 0.334. The number of aromatic nitrogens is 1. The van der Waals surface area contributed by atoms with E-state index in [1.165, 1.54) is 0 Å². The van der Waals surface area contributed by atoms with Gasteiger partial charge in [-0.15, -0.1) is 0 Å². The molecule has 2 rings (SSSR count). The lowest BCUT2D eigenvalue weighted by Gasteiger charge is -2.27. The molecule has 0 atom stereocenters. The van der Waals surface area contributed by atoms with Crippen LogP contribution in [0.1, 0.15) is 46.0 Å². The molecule has 0 amide bonds. The fourth-order valence-corrected chi connectivity index (χ4v) is 4.70. The summed E-state index contributed by atoms with van der Waals surface area (Å²) in [6, 6.07) is 3.68. The summed E-state index contributed by atoms with van der Waals surface area (Å²) < 4.78 is 27.5. The Kier molecular flexibility index (Phi) is 5.58. The van der Waals surface area contributed by atoms with Crippen molar-refractivity contribution in [1.29, 1.82) is 0 Å². The van der Waals surface area contributed by atoms with E-state index in [1.807, 2.05) is 6.92 Å². The molecule has 0 unspecified atom stereocenters. The highest BCUT2D eigenvalue weighted by atomic mass is 32.2. The number of hydrogen-bond acceptors (Lipinski definition) is 4. The van der Waals surface area contributed by atoms with E-state index in [4.69, 9.17) is 0 Å². The minimum absolute atomic E-state index is 0.126. The van der Waals surface area contributed by atoms with Crippen molar-refractivity contribution in [3.8, 4) is 0 Å². The molecule has 1 aliphatic rings. The number of rotatable bonds is 7. The van der Waals surface area contributed by atoms with Gasteiger partial charge in [0.25, 0.3) is 10.0 Å². The summed E-state index contributed by atoms with van der Waals surface area (Å²) in [5.41, 5.74) is 0.607. The van der Waals surface area contributed by atoms with Gasteiger partial charge >= 0.3 is 0 Å². The lowest BCUT2D eigenvalue weighted by atomic mass is 10.2. The Labute approximate surface area is 127 Å². The molecule has 0 bridgehead atoms. The SMILES string of the molecule is CCCNc1cccnc1S(=O)(=O)N(CC)C1CCCC1. The van der Waals surface area contributed by atoms with Gasteiger partial charge in [0.05, 0.1) is 5.69 Å². The van der Waals surface area contributed by atoms with Crippen LogP contribution in [0.2, 0.25) is 0 Å². The van der Waals surface area contributed by atoms with Crippen molar-refractivity contribution in [3.63, 3.8) is 0 Å². The molecule has 1 aromatic rings. The molecule has 0 saturated heterocycles. The van der Waals surface area contributed by atoms with Crippen LogP contribution in [0, 0.1) is 0 Å². The van der Waals surface area contributed by atoms with Crippen molar-refractivity contribution in [2.75, 3.05) is 18.4 Å². The monoisotopic (exact) mass is 311 g/mol. The first-order valence-corrected chi connectivity index (χ1v) is 9.26. The zero-order chi connectivity index (χ0) is 15.3. The van der Waals surface area contributed by atoms with Gasteiger partial charge in [-0.05, 0) is 31.4 Å². The van der Waals surface area contributed by atoms with E-state index in [9.17, 15) is 8.42 Å². The highest BCUT2D eigenvalue weighted by Crippen LogP contribution is 2.30. The molecule has 1 aliphatic carbocycles. The van der Waals surface area contributed by atoms with Gasteiger partial charge in [-0.2, -0.15) is 4.31 Å². The predicted molar refractivity (Wildman–Crippen MR) is 84.8 cm³/mol. The largest absolute Gasteiger partial charge is 0.383 e. The number of pyridine rings is 1. The number of nitrogens with one attached hydrogen (secondary N) is 1. The fraction of sp³-hybridized carbons (Fsp3) is 0.667. The van der Waals surface area contributed by atoms with Crippen LogP contribution in [-0.2, 0) is 10.0 Å². The summed E-state index contributed by atoms with van der Waals surface area (Å²) in [5.74, 6) is 0. The molecule has 0 radical (unpaired) electrons. The molecule has 118 valence electrons. The molecule has 1 N–H and O–H groups in total. The Balaban J connectivity index is 2.33. The Hall–Kier alpha value is -1.14. The molecule has 5 nitrogen and oxygen atoms in total. The van der Waals surface area contributed by atoms with E-state index in [0.717, 1.165) is 38.6 Å². The van der Waals surface area contributed by atoms with E-state index < -0.39 is 10.0 Å². The maximum atomic E-state index is 13.0. The molecule has 1 saturated carbocycles. The average Bonchev–Trinajstić information content (AvgIpc) is 2.99. The van der Waals surface area contributed by atoms with Gasteiger partial charge in [-0.3, -0.25) is 0 Å². The van der Waals surface area contributed by atoms with Gasteiger partial charge in [0.2, 0.25) is 0 Å². The maximum Gasteiger partial charge on any atom is 0.262 e. The Morgan fingerprint density at radius 2 is 2.05 bits per heavy atom. The first-order chi connectivity index (χ1) is 10.1. The minimum Gasteiger partial charge on any atom is -0.383 e. The van der Waals surface area contributed by atoms with Crippen LogP contribution in [0.4, 0.5) is 5.69 Å². The molecule has 1 fully saturated rings. The number of sulfonamides is 1. The van der Waals surface area contributed by atoms with E-state index in [0.29, 0.717) is 12.2 Å². The molecule has 21 heavy (non-hydrogen) atoms. The van der Waals surface area contributed by atoms with Gasteiger partial charge in [-0.1, -0.05) is 26.7 Å².